The van der Waals surface area contributed by atoms with Crippen LogP contribution in [0.15, 0.2) is 37.2 Å². The van der Waals surface area contributed by atoms with Crippen molar-refractivity contribution in [2.45, 2.75) is 19.6 Å². The summed E-state index contributed by atoms with van der Waals surface area (Å²) in [6.45, 7) is 1.51. The van der Waals surface area contributed by atoms with Gasteiger partial charge in [-0.25, -0.2) is 14.8 Å². The first-order chi connectivity index (χ1) is 12.2. The summed E-state index contributed by atoms with van der Waals surface area (Å²) in [6, 6.07) is 1.67. The fourth-order valence-electron chi connectivity index (χ4n) is 2.74. The second-order valence-corrected chi connectivity index (χ2v) is 6.75. The molecule has 0 bridgehead atoms. The maximum atomic E-state index is 12.1. The predicted octanol–water partition coefficient (Wildman–Crippen LogP) is 1.87. The quantitative estimate of drug-likeness (QED) is 0.744. The molecule has 128 valence electrons. The first kappa shape index (κ1) is 15.7. The van der Waals surface area contributed by atoms with Gasteiger partial charge in [-0.15, -0.1) is 0 Å². The zero-order valence-electron chi connectivity index (χ0n) is 13.3. The number of rotatable bonds is 3. The van der Waals surface area contributed by atoms with E-state index in [1.54, 1.807) is 24.8 Å². The molecule has 0 saturated heterocycles. The van der Waals surface area contributed by atoms with Gasteiger partial charge in [0.25, 0.3) is 0 Å². The van der Waals surface area contributed by atoms with Gasteiger partial charge in [0.2, 0.25) is 0 Å². The Balaban J connectivity index is 1.50. The van der Waals surface area contributed by atoms with Crippen LogP contribution < -0.4 is 10.2 Å². The van der Waals surface area contributed by atoms with Gasteiger partial charge >= 0.3 is 6.03 Å². The number of nitrogens with one attached hydrogen (secondary N) is 1. The predicted molar refractivity (Wildman–Crippen MR) is 93.7 cm³/mol. The fraction of sp³-hybridized carbons (Fsp3) is 0.250. The second kappa shape index (κ2) is 6.61. The van der Waals surface area contributed by atoms with Gasteiger partial charge in [0.15, 0.2) is 5.13 Å². The van der Waals surface area contributed by atoms with Crippen molar-refractivity contribution in [3.63, 3.8) is 0 Å². The Morgan fingerprint density at radius 3 is 3.08 bits per heavy atom. The maximum Gasteiger partial charge on any atom is 0.333 e. The number of fused-ring (bicyclic) bond motifs is 1. The molecule has 8 nitrogen and oxygen atoms in total. The molecule has 0 spiro atoms. The molecule has 3 aromatic rings. The third kappa shape index (κ3) is 3.24. The number of aromatic nitrogens is 4. The molecule has 0 radical (unpaired) electrons. The molecule has 0 saturated carbocycles. The van der Waals surface area contributed by atoms with Crippen LogP contribution in [-0.2, 0) is 19.6 Å². The van der Waals surface area contributed by atoms with Crippen molar-refractivity contribution in [2.75, 3.05) is 16.8 Å². The third-order valence-electron chi connectivity index (χ3n) is 4.01. The number of pyridine rings is 1. The minimum Gasteiger partial charge on any atom is -0.392 e. The van der Waals surface area contributed by atoms with E-state index >= 15 is 0 Å². The number of carbonyl (C=O) groups excluding carboxylic acids is 1. The fourth-order valence-corrected chi connectivity index (χ4v) is 3.75. The number of imidazole rings is 1. The van der Waals surface area contributed by atoms with Gasteiger partial charge in [0, 0.05) is 36.4 Å². The molecule has 4 rings (SSSR count). The van der Waals surface area contributed by atoms with Crippen molar-refractivity contribution in [2.24, 2.45) is 0 Å². The van der Waals surface area contributed by atoms with Crippen LogP contribution >= 0.6 is 11.3 Å². The molecule has 4 heterocycles. The van der Waals surface area contributed by atoms with Crippen LogP contribution in [0.2, 0.25) is 0 Å². The lowest BCUT2D eigenvalue weighted by Gasteiger charge is -2.28. The van der Waals surface area contributed by atoms with Gasteiger partial charge in [-0.3, -0.25) is 14.9 Å². The van der Waals surface area contributed by atoms with Crippen LogP contribution in [0.5, 0.6) is 0 Å². The Labute approximate surface area is 147 Å². The van der Waals surface area contributed by atoms with Gasteiger partial charge in [-0.2, -0.15) is 0 Å². The minimum absolute atomic E-state index is 0.0229. The Morgan fingerprint density at radius 1 is 1.36 bits per heavy atom. The largest absolute Gasteiger partial charge is 0.392 e. The Hall–Kier alpha value is -2.78. The molecule has 0 unspecified atom stereocenters. The SMILES string of the molecule is O=C(Nc1nc2c(s1)CN(c1cncc(CO)c1)CC2)n1ccnc1. The molecule has 0 atom stereocenters. The first-order valence-corrected chi connectivity index (χ1v) is 8.62. The van der Waals surface area contributed by atoms with Crippen LogP contribution in [0.3, 0.4) is 0 Å². The van der Waals surface area contributed by atoms with E-state index in [1.165, 1.54) is 22.2 Å². The first-order valence-electron chi connectivity index (χ1n) is 7.80. The van der Waals surface area contributed by atoms with Gasteiger partial charge < -0.3 is 10.0 Å². The number of amides is 1. The van der Waals surface area contributed by atoms with E-state index in [0.717, 1.165) is 34.8 Å². The van der Waals surface area contributed by atoms with E-state index in [0.29, 0.717) is 11.7 Å². The number of hydrogen-bond donors (Lipinski definition) is 2. The normalized spacial score (nSPS) is 13.6. The summed E-state index contributed by atoms with van der Waals surface area (Å²) in [4.78, 5) is 28.0. The van der Waals surface area contributed by atoms with E-state index < -0.39 is 0 Å². The van der Waals surface area contributed by atoms with Gasteiger partial charge in [0.1, 0.15) is 6.33 Å². The molecular weight excluding hydrogens is 340 g/mol. The molecule has 2 N–H and O–H groups in total. The molecule has 0 aromatic carbocycles. The second-order valence-electron chi connectivity index (χ2n) is 5.67. The molecule has 1 aliphatic heterocycles. The van der Waals surface area contributed by atoms with Crippen LogP contribution in [0.1, 0.15) is 16.1 Å². The highest BCUT2D eigenvalue weighted by atomic mass is 32.1. The van der Waals surface area contributed by atoms with Gasteiger partial charge in [-0.05, 0) is 11.6 Å². The molecule has 9 heteroatoms. The number of hydrogen-bond acceptors (Lipinski definition) is 7. The Bertz CT molecular complexity index is 892. The highest BCUT2D eigenvalue weighted by Gasteiger charge is 2.22. The Morgan fingerprint density at radius 2 is 2.28 bits per heavy atom. The highest BCUT2D eigenvalue weighted by molar-refractivity contribution is 7.15. The zero-order chi connectivity index (χ0) is 17.2. The van der Waals surface area contributed by atoms with Crippen molar-refractivity contribution in [3.05, 3.63) is 53.3 Å². The van der Waals surface area contributed by atoms with Gasteiger partial charge in [-0.1, -0.05) is 11.3 Å². The summed E-state index contributed by atoms with van der Waals surface area (Å²) < 4.78 is 1.37. The summed E-state index contributed by atoms with van der Waals surface area (Å²) in [5.74, 6) is 0. The molecule has 0 fully saturated rings. The number of aliphatic hydroxyl groups excluding tert-OH is 1. The van der Waals surface area contributed by atoms with Crippen LogP contribution in [0.4, 0.5) is 15.6 Å². The minimum atomic E-state index is -0.277. The summed E-state index contributed by atoms with van der Waals surface area (Å²) in [5.41, 5.74) is 2.80. The molecule has 3 aromatic heterocycles. The third-order valence-corrected chi connectivity index (χ3v) is 5.01. The summed E-state index contributed by atoms with van der Waals surface area (Å²) in [5, 5.41) is 12.7. The topological polar surface area (TPSA) is 96.2 Å². The van der Waals surface area contributed by atoms with E-state index in [9.17, 15) is 9.90 Å². The van der Waals surface area contributed by atoms with E-state index in [2.05, 4.69) is 25.2 Å². The highest BCUT2D eigenvalue weighted by Crippen LogP contribution is 2.30. The van der Waals surface area contributed by atoms with Crippen LogP contribution in [-0.4, -0.2) is 37.2 Å². The van der Waals surface area contributed by atoms with E-state index in [-0.39, 0.29) is 12.6 Å². The van der Waals surface area contributed by atoms with E-state index in [1.807, 2.05) is 6.07 Å². The lowest BCUT2D eigenvalue weighted by Crippen LogP contribution is -2.29. The zero-order valence-corrected chi connectivity index (χ0v) is 14.1. The van der Waals surface area contributed by atoms with Gasteiger partial charge in [0.05, 0.1) is 30.7 Å². The molecular formula is C16H16N6O2S. The molecule has 0 aliphatic carbocycles. The number of carbonyl (C=O) groups is 1. The number of thiazole rings is 1. The maximum absolute atomic E-state index is 12.1. The van der Waals surface area contributed by atoms with Crippen LogP contribution in [0.25, 0.3) is 0 Å². The van der Waals surface area contributed by atoms with Crippen molar-refractivity contribution in [3.8, 4) is 0 Å². The number of nitrogens with zero attached hydrogens (tertiary/aromatic N) is 5. The molecule has 1 amide bonds. The van der Waals surface area contributed by atoms with Crippen molar-refractivity contribution in [1.82, 2.24) is 19.5 Å². The van der Waals surface area contributed by atoms with Crippen molar-refractivity contribution in [1.29, 1.82) is 0 Å². The molecule has 25 heavy (non-hydrogen) atoms. The average Bonchev–Trinajstić information content (AvgIpc) is 3.30. The standard InChI is InChI=1S/C16H16N6O2S/c23-9-11-5-12(7-18-6-11)21-3-1-13-14(8-21)25-15(19-13)20-16(24)22-4-2-17-10-22/h2,4-7,10,23H,1,3,8-9H2,(H,19,20,24). The lowest BCUT2D eigenvalue weighted by molar-refractivity contribution is 0.253. The number of anilines is 2. The summed E-state index contributed by atoms with van der Waals surface area (Å²) in [7, 11) is 0. The summed E-state index contributed by atoms with van der Waals surface area (Å²) in [6.07, 6.45) is 8.86. The monoisotopic (exact) mass is 356 g/mol. The summed E-state index contributed by atoms with van der Waals surface area (Å²) >= 11 is 1.48. The smallest absolute Gasteiger partial charge is 0.333 e. The molecule has 1 aliphatic rings. The number of aliphatic hydroxyl groups is 1. The lowest BCUT2D eigenvalue weighted by atomic mass is 10.1. The van der Waals surface area contributed by atoms with Crippen molar-refractivity contribution < 1.29 is 9.90 Å². The average molecular weight is 356 g/mol. The van der Waals surface area contributed by atoms with E-state index in [4.69, 9.17) is 0 Å². The van der Waals surface area contributed by atoms with Crippen LogP contribution in [0, 0.1) is 0 Å². The van der Waals surface area contributed by atoms with Crippen molar-refractivity contribution >= 4 is 28.2 Å². The Kier molecular flexibility index (Phi) is 4.16.